The van der Waals surface area contributed by atoms with Crippen LogP contribution in [0.2, 0.25) is 0 Å². The van der Waals surface area contributed by atoms with Crippen LogP contribution in [0.5, 0.6) is 0 Å². The first-order valence-corrected chi connectivity index (χ1v) is 8.66. The zero-order valence-corrected chi connectivity index (χ0v) is 13.9. The summed E-state index contributed by atoms with van der Waals surface area (Å²) < 4.78 is 33.3. The summed E-state index contributed by atoms with van der Waals surface area (Å²) in [5, 5.41) is 0. The zero-order chi connectivity index (χ0) is 15.3. The summed E-state index contributed by atoms with van der Waals surface area (Å²) in [6.45, 7) is 0.539. The Bertz CT molecular complexity index is 699. The molecule has 1 N–H and O–H groups in total. The number of ether oxygens (including phenoxy) is 1. The van der Waals surface area contributed by atoms with E-state index >= 15 is 0 Å². The number of rotatable bonds is 6. The van der Waals surface area contributed by atoms with Gasteiger partial charge >= 0.3 is 0 Å². The van der Waals surface area contributed by atoms with Crippen LogP contribution in [-0.4, -0.2) is 22.1 Å². The molecule has 0 unspecified atom stereocenters. The third-order valence-corrected chi connectivity index (χ3v) is 4.87. The van der Waals surface area contributed by atoms with Crippen molar-refractivity contribution >= 4 is 31.6 Å². The fourth-order valence-corrected chi connectivity index (χ4v) is 3.23. The van der Waals surface area contributed by atoms with Gasteiger partial charge in [-0.1, -0.05) is 34.1 Å². The molecule has 6 heteroatoms. The summed E-state index contributed by atoms with van der Waals surface area (Å²) in [6, 6.07) is 13.8. The van der Waals surface area contributed by atoms with Gasteiger partial charge in [0.05, 0.1) is 17.2 Å². The maximum absolute atomic E-state index is 12.4. The summed E-state index contributed by atoms with van der Waals surface area (Å²) in [5.41, 5.74) is 1.48. The van der Waals surface area contributed by atoms with Crippen molar-refractivity contribution < 1.29 is 13.2 Å². The molecule has 0 aromatic heterocycles. The van der Waals surface area contributed by atoms with Crippen molar-refractivity contribution in [1.82, 2.24) is 0 Å². The lowest BCUT2D eigenvalue weighted by Gasteiger charge is -2.12. The Labute approximate surface area is 133 Å². The van der Waals surface area contributed by atoms with Crippen LogP contribution in [0, 0.1) is 0 Å². The molecule has 2 aromatic rings. The van der Waals surface area contributed by atoms with E-state index < -0.39 is 10.0 Å². The van der Waals surface area contributed by atoms with Crippen molar-refractivity contribution in [3.63, 3.8) is 0 Å². The van der Waals surface area contributed by atoms with E-state index in [0.29, 0.717) is 18.7 Å². The van der Waals surface area contributed by atoms with Crippen LogP contribution in [0.15, 0.2) is 57.9 Å². The summed E-state index contributed by atoms with van der Waals surface area (Å²) in [4.78, 5) is 0.229. The number of nitrogens with one attached hydrogen (secondary N) is 1. The van der Waals surface area contributed by atoms with Crippen LogP contribution >= 0.6 is 15.9 Å². The predicted molar refractivity (Wildman–Crippen MR) is 87.0 cm³/mol. The van der Waals surface area contributed by atoms with E-state index in [1.54, 1.807) is 43.5 Å². The lowest BCUT2D eigenvalue weighted by molar-refractivity contribution is 0.202. The Morgan fingerprint density at radius 3 is 2.43 bits per heavy atom. The number of hydrogen-bond acceptors (Lipinski definition) is 3. The fraction of sp³-hybridized carbons (Fsp3) is 0.200. The molecule has 0 fully saturated rings. The van der Waals surface area contributed by atoms with Gasteiger partial charge in [-0.25, -0.2) is 8.42 Å². The van der Waals surface area contributed by atoms with Crippen molar-refractivity contribution in [1.29, 1.82) is 0 Å². The Morgan fingerprint density at radius 1 is 1.10 bits per heavy atom. The average Bonchev–Trinajstić information content (AvgIpc) is 2.46. The van der Waals surface area contributed by atoms with Gasteiger partial charge in [0, 0.05) is 11.6 Å². The van der Waals surface area contributed by atoms with E-state index in [9.17, 15) is 8.42 Å². The molecule has 0 saturated heterocycles. The molecule has 4 nitrogen and oxygen atoms in total. The third-order valence-electron chi connectivity index (χ3n) is 2.96. The second-order valence-electron chi connectivity index (χ2n) is 4.46. The number of methoxy groups -OCH3 is 1. The second kappa shape index (κ2) is 7.06. The van der Waals surface area contributed by atoms with Crippen LogP contribution < -0.4 is 4.72 Å². The van der Waals surface area contributed by atoms with Gasteiger partial charge in [0.2, 0.25) is 0 Å². The maximum Gasteiger partial charge on any atom is 0.261 e. The molecule has 0 amide bonds. The minimum atomic E-state index is -3.59. The first kappa shape index (κ1) is 16.0. The van der Waals surface area contributed by atoms with Crippen LogP contribution in [0.3, 0.4) is 0 Å². The largest absolute Gasteiger partial charge is 0.384 e. The highest BCUT2D eigenvalue weighted by Crippen LogP contribution is 2.21. The van der Waals surface area contributed by atoms with Crippen LogP contribution in [0.25, 0.3) is 0 Å². The molecule has 0 bridgehead atoms. The number of para-hydroxylation sites is 1. The number of anilines is 1. The van der Waals surface area contributed by atoms with Crippen LogP contribution in [0.1, 0.15) is 5.56 Å². The van der Waals surface area contributed by atoms with E-state index in [-0.39, 0.29) is 4.90 Å². The SMILES string of the molecule is COCCc1ccccc1NS(=O)(=O)c1ccc(Br)cc1. The summed E-state index contributed by atoms with van der Waals surface area (Å²) >= 11 is 3.29. The maximum atomic E-state index is 12.4. The fourth-order valence-electron chi connectivity index (χ4n) is 1.87. The average molecular weight is 370 g/mol. The van der Waals surface area contributed by atoms with Gasteiger partial charge in [-0.3, -0.25) is 4.72 Å². The van der Waals surface area contributed by atoms with Crippen molar-refractivity contribution in [2.75, 3.05) is 18.4 Å². The molecule has 0 atom stereocenters. The molecule has 0 spiro atoms. The second-order valence-corrected chi connectivity index (χ2v) is 7.06. The lowest BCUT2D eigenvalue weighted by Crippen LogP contribution is -2.14. The van der Waals surface area contributed by atoms with Crippen molar-refractivity contribution in [3.8, 4) is 0 Å². The first-order valence-electron chi connectivity index (χ1n) is 6.38. The van der Waals surface area contributed by atoms with E-state index in [1.807, 2.05) is 12.1 Å². The molecule has 0 aliphatic carbocycles. The zero-order valence-electron chi connectivity index (χ0n) is 11.5. The van der Waals surface area contributed by atoms with E-state index in [1.165, 1.54) is 0 Å². The highest BCUT2D eigenvalue weighted by Gasteiger charge is 2.15. The highest BCUT2D eigenvalue weighted by atomic mass is 79.9. The number of sulfonamides is 1. The molecule has 112 valence electrons. The number of benzene rings is 2. The van der Waals surface area contributed by atoms with E-state index in [2.05, 4.69) is 20.7 Å². The van der Waals surface area contributed by atoms with Gasteiger partial charge in [0.1, 0.15) is 0 Å². The standard InChI is InChI=1S/C15H16BrNO3S/c1-20-11-10-12-4-2-3-5-15(12)17-21(18,19)14-8-6-13(16)7-9-14/h2-9,17H,10-11H2,1H3. The molecule has 0 aliphatic rings. The molecule has 0 saturated carbocycles. The van der Waals surface area contributed by atoms with Gasteiger partial charge in [0.15, 0.2) is 0 Å². The van der Waals surface area contributed by atoms with Crippen molar-refractivity contribution in [2.24, 2.45) is 0 Å². The van der Waals surface area contributed by atoms with Gasteiger partial charge in [0.25, 0.3) is 10.0 Å². The van der Waals surface area contributed by atoms with Gasteiger partial charge < -0.3 is 4.74 Å². The smallest absolute Gasteiger partial charge is 0.261 e. The van der Waals surface area contributed by atoms with E-state index in [0.717, 1.165) is 10.0 Å². The number of halogens is 1. The monoisotopic (exact) mass is 369 g/mol. The predicted octanol–water partition coefficient (Wildman–Crippen LogP) is 3.44. The molecule has 0 radical (unpaired) electrons. The molecule has 2 rings (SSSR count). The summed E-state index contributed by atoms with van der Waals surface area (Å²) in [7, 11) is -1.97. The Hall–Kier alpha value is -1.37. The molecule has 2 aromatic carbocycles. The van der Waals surface area contributed by atoms with Gasteiger partial charge in [-0.05, 0) is 42.3 Å². The van der Waals surface area contributed by atoms with Crippen LogP contribution in [-0.2, 0) is 21.2 Å². The molecule has 21 heavy (non-hydrogen) atoms. The van der Waals surface area contributed by atoms with Crippen molar-refractivity contribution in [2.45, 2.75) is 11.3 Å². The quantitative estimate of drug-likeness (QED) is 0.848. The molecular weight excluding hydrogens is 354 g/mol. The Kier molecular flexibility index (Phi) is 5.39. The minimum absolute atomic E-state index is 0.229. The van der Waals surface area contributed by atoms with Gasteiger partial charge in [-0.2, -0.15) is 0 Å². The lowest BCUT2D eigenvalue weighted by atomic mass is 10.1. The molecule has 0 heterocycles. The van der Waals surface area contributed by atoms with Crippen LogP contribution in [0.4, 0.5) is 5.69 Å². The molecule has 0 aliphatic heterocycles. The van der Waals surface area contributed by atoms with Crippen molar-refractivity contribution in [3.05, 3.63) is 58.6 Å². The molecular formula is C15H16BrNO3S. The van der Waals surface area contributed by atoms with E-state index in [4.69, 9.17) is 4.74 Å². The minimum Gasteiger partial charge on any atom is -0.384 e. The normalized spacial score (nSPS) is 11.3. The Morgan fingerprint density at radius 2 is 1.76 bits per heavy atom. The Balaban J connectivity index is 2.26. The number of hydrogen-bond donors (Lipinski definition) is 1. The summed E-state index contributed by atoms with van der Waals surface area (Å²) in [6.07, 6.45) is 0.648. The first-order chi connectivity index (χ1) is 10.0. The third kappa shape index (κ3) is 4.30. The van der Waals surface area contributed by atoms with Gasteiger partial charge in [-0.15, -0.1) is 0 Å². The summed E-state index contributed by atoms with van der Waals surface area (Å²) in [5.74, 6) is 0. The highest BCUT2D eigenvalue weighted by molar-refractivity contribution is 9.10. The topological polar surface area (TPSA) is 55.4 Å².